The Balaban J connectivity index is 1.58. The molecule has 0 unspecified atom stereocenters. The molecular formula is C26H24ClNO3. The Morgan fingerprint density at radius 2 is 1.71 bits per heavy atom. The fourth-order valence-corrected chi connectivity index (χ4v) is 3.44. The van der Waals surface area contributed by atoms with Gasteiger partial charge in [0.15, 0.2) is 0 Å². The van der Waals surface area contributed by atoms with E-state index in [1.165, 1.54) is 0 Å². The maximum absolute atomic E-state index is 13.0. The molecule has 0 bridgehead atoms. The van der Waals surface area contributed by atoms with E-state index < -0.39 is 0 Å². The molecule has 1 amide bonds. The van der Waals surface area contributed by atoms with Crippen molar-refractivity contribution in [3.05, 3.63) is 88.9 Å². The van der Waals surface area contributed by atoms with Crippen LogP contribution in [0.15, 0.2) is 77.2 Å². The third-order valence-corrected chi connectivity index (χ3v) is 5.18. The number of hydrogen-bond donors (Lipinski definition) is 1. The first-order valence-electron chi connectivity index (χ1n) is 10.3. The number of carbonyl (C=O) groups is 1. The second-order valence-corrected chi connectivity index (χ2v) is 8.28. The normalized spacial score (nSPS) is 11.1. The summed E-state index contributed by atoms with van der Waals surface area (Å²) in [7, 11) is 0. The van der Waals surface area contributed by atoms with Crippen LogP contribution < -0.4 is 10.1 Å². The van der Waals surface area contributed by atoms with Crippen LogP contribution in [0.4, 0.5) is 0 Å². The van der Waals surface area contributed by atoms with E-state index in [4.69, 9.17) is 20.8 Å². The molecule has 1 N–H and O–H groups in total. The van der Waals surface area contributed by atoms with Crippen molar-refractivity contribution in [1.82, 2.24) is 5.32 Å². The Bertz CT molecular complexity index is 1180. The van der Waals surface area contributed by atoms with E-state index >= 15 is 0 Å². The van der Waals surface area contributed by atoms with E-state index in [1.807, 2.05) is 60.7 Å². The van der Waals surface area contributed by atoms with Crippen molar-refractivity contribution >= 4 is 28.5 Å². The zero-order valence-electron chi connectivity index (χ0n) is 17.5. The fraction of sp³-hybridized carbons (Fsp3) is 0.192. The van der Waals surface area contributed by atoms with Crippen molar-refractivity contribution in [3.63, 3.8) is 0 Å². The number of ether oxygens (including phenoxy) is 1. The average molecular weight is 434 g/mol. The van der Waals surface area contributed by atoms with Crippen LogP contribution in [0, 0.1) is 5.92 Å². The number of hydrogen-bond acceptors (Lipinski definition) is 3. The molecule has 4 nitrogen and oxygen atoms in total. The van der Waals surface area contributed by atoms with Gasteiger partial charge in [0.1, 0.15) is 23.7 Å². The van der Waals surface area contributed by atoms with Gasteiger partial charge in [-0.3, -0.25) is 4.79 Å². The molecule has 0 saturated heterocycles. The van der Waals surface area contributed by atoms with Gasteiger partial charge in [0.05, 0.1) is 5.56 Å². The van der Waals surface area contributed by atoms with Gasteiger partial charge in [-0.05, 0) is 41.8 Å². The topological polar surface area (TPSA) is 51.5 Å². The van der Waals surface area contributed by atoms with Crippen LogP contribution >= 0.6 is 11.6 Å². The molecule has 0 saturated carbocycles. The second kappa shape index (κ2) is 9.27. The van der Waals surface area contributed by atoms with Gasteiger partial charge in [-0.15, -0.1) is 0 Å². The summed E-state index contributed by atoms with van der Waals surface area (Å²) in [4.78, 5) is 13.0. The lowest BCUT2D eigenvalue weighted by molar-refractivity contribution is 0.0950. The molecule has 1 aromatic heterocycles. The zero-order chi connectivity index (χ0) is 21.8. The minimum Gasteiger partial charge on any atom is -0.489 e. The average Bonchev–Trinajstić information content (AvgIpc) is 3.17. The maximum atomic E-state index is 13.0. The summed E-state index contributed by atoms with van der Waals surface area (Å²) in [6.45, 7) is 5.18. The third-order valence-electron chi connectivity index (χ3n) is 4.93. The molecule has 4 aromatic rings. The highest BCUT2D eigenvalue weighted by atomic mass is 35.5. The Labute approximate surface area is 186 Å². The second-order valence-electron chi connectivity index (χ2n) is 7.85. The van der Waals surface area contributed by atoms with Gasteiger partial charge in [-0.2, -0.15) is 0 Å². The molecule has 31 heavy (non-hydrogen) atoms. The van der Waals surface area contributed by atoms with Crippen LogP contribution in [-0.4, -0.2) is 12.5 Å². The van der Waals surface area contributed by atoms with Gasteiger partial charge >= 0.3 is 0 Å². The standard InChI is InChI=1S/C26H24ClNO3/c1-17(2)15-28-26(29)24-22-5-3-4-6-23(22)31-25(24)19-9-7-18(8-10-19)16-30-21-13-11-20(27)12-14-21/h3-14,17H,15-16H2,1-2H3,(H,28,29). The largest absolute Gasteiger partial charge is 0.489 e. The molecule has 5 heteroatoms. The first-order valence-corrected chi connectivity index (χ1v) is 10.7. The van der Waals surface area contributed by atoms with Crippen molar-refractivity contribution in [3.8, 4) is 17.1 Å². The Morgan fingerprint density at radius 3 is 2.42 bits per heavy atom. The highest BCUT2D eigenvalue weighted by Crippen LogP contribution is 2.34. The van der Waals surface area contributed by atoms with Crippen LogP contribution in [0.1, 0.15) is 29.8 Å². The number of benzene rings is 3. The first kappa shape index (κ1) is 21.0. The Morgan fingerprint density at radius 1 is 1.00 bits per heavy atom. The molecule has 1 heterocycles. The highest BCUT2D eigenvalue weighted by molar-refractivity contribution is 6.30. The summed E-state index contributed by atoms with van der Waals surface area (Å²) in [5.41, 5.74) is 3.13. The molecule has 0 radical (unpaired) electrons. The van der Waals surface area contributed by atoms with Gasteiger partial charge in [0.2, 0.25) is 0 Å². The van der Waals surface area contributed by atoms with E-state index in [0.717, 1.165) is 22.3 Å². The lowest BCUT2D eigenvalue weighted by atomic mass is 10.0. The number of fused-ring (bicyclic) bond motifs is 1. The highest BCUT2D eigenvalue weighted by Gasteiger charge is 2.22. The van der Waals surface area contributed by atoms with Crippen molar-refractivity contribution in [2.24, 2.45) is 5.92 Å². The van der Waals surface area contributed by atoms with Crippen molar-refractivity contribution < 1.29 is 13.9 Å². The lowest BCUT2D eigenvalue weighted by Crippen LogP contribution is -2.27. The van der Waals surface area contributed by atoms with Crippen LogP contribution in [0.2, 0.25) is 5.02 Å². The summed E-state index contributed by atoms with van der Waals surface area (Å²) in [5, 5.41) is 4.50. The maximum Gasteiger partial charge on any atom is 0.255 e. The number of amides is 1. The van der Waals surface area contributed by atoms with E-state index in [2.05, 4.69) is 19.2 Å². The zero-order valence-corrected chi connectivity index (χ0v) is 18.3. The molecule has 3 aromatic carbocycles. The molecule has 0 atom stereocenters. The summed E-state index contributed by atoms with van der Waals surface area (Å²) in [5.74, 6) is 1.58. The fourth-order valence-electron chi connectivity index (χ4n) is 3.31. The van der Waals surface area contributed by atoms with Gasteiger partial charge in [0.25, 0.3) is 5.91 Å². The number of furan rings is 1. The SMILES string of the molecule is CC(C)CNC(=O)c1c(-c2ccc(COc3ccc(Cl)cc3)cc2)oc2ccccc12. The summed E-state index contributed by atoms with van der Waals surface area (Å²) < 4.78 is 11.9. The number of nitrogens with one attached hydrogen (secondary N) is 1. The first-order chi connectivity index (χ1) is 15.0. The van der Waals surface area contributed by atoms with Gasteiger partial charge in [-0.1, -0.05) is 67.9 Å². The summed E-state index contributed by atoms with van der Waals surface area (Å²) in [6, 6.07) is 22.8. The summed E-state index contributed by atoms with van der Waals surface area (Å²) in [6.07, 6.45) is 0. The molecule has 0 spiro atoms. The van der Waals surface area contributed by atoms with Crippen LogP contribution in [0.3, 0.4) is 0 Å². The van der Waals surface area contributed by atoms with Crippen molar-refractivity contribution in [1.29, 1.82) is 0 Å². The number of carbonyl (C=O) groups excluding carboxylic acids is 1. The Kier molecular flexibility index (Phi) is 6.28. The van der Waals surface area contributed by atoms with Crippen molar-refractivity contribution in [2.45, 2.75) is 20.5 Å². The van der Waals surface area contributed by atoms with E-state index in [-0.39, 0.29) is 5.91 Å². The van der Waals surface area contributed by atoms with Gasteiger partial charge in [0, 0.05) is 22.5 Å². The Hall–Kier alpha value is -3.24. The van der Waals surface area contributed by atoms with Crippen LogP contribution in [0.25, 0.3) is 22.3 Å². The third kappa shape index (κ3) is 4.92. The van der Waals surface area contributed by atoms with E-state index in [0.29, 0.717) is 41.0 Å². The van der Waals surface area contributed by atoms with E-state index in [9.17, 15) is 4.79 Å². The number of para-hydroxylation sites is 1. The lowest BCUT2D eigenvalue weighted by Gasteiger charge is -2.09. The molecule has 158 valence electrons. The quantitative estimate of drug-likeness (QED) is 0.352. The minimum atomic E-state index is -0.121. The monoisotopic (exact) mass is 433 g/mol. The predicted octanol–water partition coefficient (Wildman–Crippen LogP) is 6.72. The molecule has 0 aliphatic heterocycles. The van der Waals surface area contributed by atoms with Crippen LogP contribution in [-0.2, 0) is 6.61 Å². The molecule has 0 aliphatic rings. The van der Waals surface area contributed by atoms with E-state index in [1.54, 1.807) is 12.1 Å². The van der Waals surface area contributed by atoms with Gasteiger partial charge < -0.3 is 14.5 Å². The van der Waals surface area contributed by atoms with Crippen LogP contribution in [0.5, 0.6) is 5.75 Å². The number of rotatable bonds is 7. The molecule has 0 fully saturated rings. The molecule has 0 aliphatic carbocycles. The molecule has 4 rings (SSSR count). The minimum absolute atomic E-state index is 0.121. The smallest absolute Gasteiger partial charge is 0.255 e. The van der Waals surface area contributed by atoms with Crippen molar-refractivity contribution in [2.75, 3.05) is 6.54 Å². The number of halogens is 1. The van der Waals surface area contributed by atoms with Gasteiger partial charge in [-0.25, -0.2) is 0 Å². The predicted molar refractivity (Wildman–Crippen MR) is 125 cm³/mol. The molecular weight excluding hydrogens is 410 g/mol. The summed E-state index contributed by atoms with van der Waals surface area (Å²) >= 11 is 5.91.